The molecule has 0 radical (unpaired) electrons. The van der Waals surface area contributed by atoms with Gasteiger partial charge in [0.05, 0.1) is 6.61 Å². The Kier molecular flexibility index (Phi) is 3.60. The summed E-state index contributed by atoms with van der Waals surface area (Å²) in [6.45, 7) is 4.06. The second-order valence-corrected chi connectivity index (χ2v) is 4.09. The van der Waals surface area contributed by atoms with Crippen LogP contribution in [-0.4, -0.2) is 5.11 Å². The quantitative estimate of drug-likeness (QED) is 0.805. The van der Waals surface area contributed by atoms with Crippen molar-refractivity contribution in [3.8, 4) is 0 Å². The van der Waals surface area contributed by atoms with Gasteiger partial charge in [-0.1, -0.05) is 43.1 Å². The van der Waals surface area contributed by atoms with E-state index in [1.165, 1.54) is 0 Å². The average molecular weight is 219 g/mol. The molecule has 0 aromatic heterocycles. The van der Waals surface area contributed by atoms with Crippen molar-refractivity contribution in [1.82, 2.24) is 0 Å². The largest absolute Gasteiger partial charge is 0.392 e. The van der Waals surface area contributed by atoms with Gasteiger partial charge in [0.2, 0.25) is 0 Å². The van der Waals surface area contributed by atoms with Crippen LogP contribution in [0.1, 0.15) is 30.9 Å². The Bertz CT molecular complexity index is 308. The van der Waals surface area contributed by atoms with Crippen LogP contribution in [0.2, 0.25) is 10.0 Å². The summed E-state index contributed by atoms with van der Waals surface area (Å²) < 4.78 is 0. The van der Waals surface area contributed by atoms with Crippen molar-refractivity contribution >= 4 is 23.2 Å². The summed E-state index contributed by atoms with van der Waals surface area (Å²) in [4.78, 5) is 0. The molecule has 0 unspecified atom stereocenters. The number of hydrogen-bond acceptors (Lipinski definition) is 1. The summed E-state index contributed by atoms with van der Waals surface area (Å²) in [6.07, 6.45) is 0. The van der Waals surface area contributed by atoms with Crippen LogP contribution in [0.25, 0.3) is 0 Å². The Balaban J connectivity index is 3.22. The molecule has 0 saturated heterocycles. The molecule has 0 aliphatic heterocycles. The van der Waals surface area contributed by atoms with Crippen molar-refractivity contribution in [3.05, 3.63) is 33.3 Å². The molecule has 0 aliphatic carbocycles. The van der Waals surface area contributed by atoms with Crippen LogP contribution < -0.4 is 0 Å². The van der Waals surface area contributed by atoms with Gasteiger partial charge in [-0.2, -0.15) is 0 Å². The van der Waals surface area contributed by atoms with Crippen LogP contribution in [0.5, 0.6) is 0 Å². The maximum absolute atomic E-state index is 8.99. The number of hydrogen-bond donors (Lipinski definition) is 1. The molecule has 0 aliphatic rings. The normalized spacial score (nSPS) is 10.9. The first-order chi connectivity index (χ1) is 6.06. The smallest absolute Gasteiger partial charge is 0.0696 e. The maximum atomic E-state index is 8.99. The fourth-order valence-corrected chi connectivity index (χ4v) is 1.84. The molecule has 1 nitrogen and oxygen atoms in total. The van der Waals surface area contributed by atoms with Gasteiger partial charge >= 0.3 is 0 Å². The minimum Gasteiger partial charge on any atom is -0.392 e. The average Bonchev–Trinajstić information content (AvgIpc) is 2.03. The molecule has 0 saturated carbocycles. The molecule has 0 spiro atoms. The zero-order valence-corrected chi connectivity index (χ0v) is 9.15. The van der Waals surface area contributed by atoms with Gasteiger partial charge in [-0.05, 0) is 23.1 Å². The molecule has 1 aromatic carbocycles. The molecule has 0 amide bonds. The first-order valence-electron chi connectivity index (χ1n) is 4.15. The van der Waals surface area contributed by atoms with Gasteiger partial charge in [-0.25, -0.2) is 0 Å². The lowest BCUT2D eigenvalue weighted by Crippen LogP contribution is -1.93. The minimum absolute atomic E-state index is 0.0459. The highest BCUT2D eigenvalue weighted by Gasteiger charge is 2.09. The van der Waals surface area contributed by atoms with Crippen LogP contribution in [-0.2, 0) is 6.61 Å². The van der Waals surface area contributed by atoms with E-state index < -0.39 is 0 Å². The molecule has 1 rings (SSSR count). The summed E-state index contributed by atoms with van der Waals surface area (Å²) in [7, 11) is 0. The summed E-state index contributed by atoms with van der Waals surface area (Å²) in [6, 6.07) is 3.54. The standard InChI is InChI=1S/C10H12Cl2O/c1-6(2)8-3-7(5-13)9(11)4-10(8)12/h3-4,6,13H,5H2,1-2H3. The molecule has 0 fully saturated rings. The van der Waals surface area contributed by atoms with Gasteiger partial charge in [0.25, 0.3) is 0 Å². The van der Waals surface area contributed by atoms with Crippen molar-refractivity contribution in [2.45, 2.75) is 26.4 Å². The molecule has 0 bridgehead atoms. The van der Waals surface area contributed by atoms with Crippen molar-refractivity contribution in [2.75, 3.05) is 0 Å². The third kappa shape index (κ3) is 2.37. The van der Waals surface area contributed by atoms with E-state index in [9.17, 15) is 0 Å². The SMILES string of the molecule is CC(C)c1cc(CO)c(Cl)cc1Cl. The lowest BCUT2D eigenvalue weighted by molar-refractivity contribution is 0.282. The van der Waals surface area contributed by atoms with E-state index in [1.807, 2.05) is 6.07 Å². The molecule has 0 atom stereocenters. The Morgan fingerprint density at radius 2 is 1.85 bits per heavy atom. The molecule has 0 heterocycles. The zero-order chi connectivity index (χ0) is 10.0. The van der Waals surface area contributed by atoms with Gasteiger partial charge in [0.15, 0.2) is 0 Å². The molecular formula is C10H12Cl2O. The van der Waals surface area contributed by atoms with E-state index in [0.29, 0.717) is 16.0 Å². The molecule has 72 valence electrons. The highest BCUT2D eigenvalue weighted by atomic mass is 35.5. The number of aliphatic hydroxyl groups excluding tert-OH is 1. The lowest BCUT2D eigenvalue weighted by Gasteiger charge is -2.11. The van der Waals surface area contributed by atoms with E-state index in [1.54, 1.807) is 6.07 Å². The summed E-state index contributed by atoms with van der Waals surface area (Å²) >= 11 is 11.8. The van der Waals surface area contributed by atoms with E-state index >= 15 is 0 Å². The second-order valence-electron chi connectivity index (χ2n) is 3.28. The fourth-order valence-electron chi connectivity index (χ4n) is 1.18. The Hall–Kier alpha value is -0.240. The number of aliphatic hydroxyl groups is 1. The predicted octanol–water partition coefficient (Wildman–Crippen LogP) is 3.61. The predicted molar refractivity (Wildman–Crippen MR) is 56.5 cm³/mol. The van der Waals surface area contributed by atoms with Gasteiger partial charge in [0.1, 0.15) is 0 Å². The Labute approximate surface area is 88.3 Å². The van der Waals surface area contributed by atoms with Gasteiger partial charge in [0, 0.05) is 10.0 Å². The third-order valence-corrected chi connectivity index (χ3v) is 2.64. The molecular weight excluding hydrogens is 207 g/mol. The first kappa shape index (κ1) is 10.8. The molecule has 13 heavy (non-hydrogen) atoms. The summed E-state index contributed by atoms with van der Waals surface area (Å²) in [5.41, 5.74) is 1.75. The number of benzene rings is 1. The van der Waals surface area contributed by atoms with Crippen LogP contribution >= 0.6 is 23.2 Å². The minimum atomic E-state index is -0.0459. The van der Waals surface area contributed by atoms with E-state index in [-0.39, 0.29) is 6.61 Å². The number of rotatable bonds is 2. The topological polar surface area (TPSA) is 20.2 Å². The molecule has 3 heteroatoms. The highest BCUT2D eigenvalue weighted by Crippen LogP contribution is 2.30. The van der Waals surface area contributed by atoms with Crippen LogP contribution in [0.15, 0.2) is 12.1 Å². The van der Waals surface area contributed by atoms with Crippen LogP contribution in [0, 0.1) is 0 Å². The van der Waals surface area contributed by atoms with E-state index in [2.05, 4.69) is 13.8 Å². The van der Waals surface area contributed by atoms with E-state index in [4.69, 9.17) is 28.3 Å². The van der Waals surface area contributed by atoms with Crippen LogP contribution in [0.3, 0.4) is 0 Å². The monoisotopic (exact) mass is 218 g/mol. The highest BCUT2D eigenvalue weighted by molar-refractivity contribution is 6.35. The summed E-state index contributed by atoms with van der Waals surface area (Å²) in [5, 5.41) is 10.2. The molecule has 1 aromatic rings. The van der Waals surface area contributed by atoms with E-state index in [0.717, 1.165) is 11.1 Å². The van der Waals surface area contributed by atoms with Crippen molar-refractivity contribution in [3.63, 3.8) is 0 Å². The van der Waals surface area contributed by atoms with Gasteiger partial charge < -0.3 is 5.11 Å². The van der Waals surface area contributed by atoms with Crippen molar-refractivity contribution in [1.29, 1.82) is 0 Å². The van der Waals surface area contributed by atoms with Crippen molar-refractivity contribution < 1.29 is 5.11 Å². The van der Waals surface area contributed by atoms with Gasteiger partial charge in [-0.3, -0.25) is 0 Å². The third-order valence-electron chi connectivity index (χ3n) is 1.96. The van der Waals surface area contributed by atoms with Crippen LogP contribution in [0.4, 0.5) is 0 Å². The maximum Gasteiger partial charge on any atom is 0.0696 e. The van der Waals surface area contributed by atoms with Crippen molar-refractivity contribution in [2.24, 2.45) is 0 Å². The summed E-state index contributed by atoms with van der Waals surface area (Å²) in [5.74, 6) is 0.343. The number of halogens is 2. The zero-order valence-electron chi connectivity index (χ0n) is 7.64. The second kappa shape index (κ2) is 4.32. The fraction of sp³-hybridized carbons (Fsp3) is 0.400. The van der Waals surface area contributed by atoms with Gasteiger partial charge in [-0.15, -0.1) is 0 Å². The first-order valence-corrected chi connectivity index (χ1v) is 4.90. The molecule has 1 N–H and O–H groups in total. The Morgan fingerprint density at radius 1 is 1.23 bits per heavy atom. The lowest BCUT2D eigenvalue weighted by atomic mass is 10.0. The Morgan fingerprint density at radius 3 is 2.31 bits per heavy atom.